The molecule has 0 aromatic rings. The number of piperidine rings is 1. The van der Waals surface area contributed by atoms with E-state index in [0.29, 0.717) is 6.54 Å². The van der Waals surface area contributed by atoms with E-state index >= 15 is 0 Å². The molecule has 1 saturated heterocycles. The molecule has 1 rings (SSSR count). The van der Waals surface area contributed by atoms with Crippen molar-refractivity contribution < 1.29 is 4.79 Å². The van der Waals surface area contributed by atoms with Crippen molar-refractivity contribution in [2.75, 3.05) is 13.1 Å². The second kappa shape index (κ2) is 4.53. The summed E-state index contributed by atoms with van der Waals surface area (Å²) in [5, 5.41) is -0.434. The Morgan fingerprint density at radius 2 is 2.46 bits per heavy atom. The second-order valence-corrected chi connectivity index (χ2v) is 4.06. The van der Waals surface area contributed by atoms with Gasteiger partial charge in [0.2, 0.25) is 5.91 Å². The topological polar surface area (TPSA) is 20.3 Å². The normalized spacial score (nSPS) is 25.0. The number of hydrogen-bond donors (Lipinski definition) is 0. The lowest BCUT2D eigenvalue weighted by molar-refractivity contribution is -0.131. The highest BCUT2D eigenvalue weighted by molar-refractivity contribution is 6.30. The molecule has 2 nitrogen and oxygen atoms in total. The molecule has 1 aliphatic heterocycles. The molecule has 0 bridgehead atoms. The van der Waals surface area contributed by atoms with Gasteiger partial charge in [0.25, 0.3) is 0 Å². The fourth-order valence-corrected chi connectivity index (χ4v) is 1.70. The fourth-order valence-electron chi connectivity index (χ4n) is 1.56. The molecule has 0 aromatic carbocycles. The zero-order valence-corrected chi connectivity index (χ0v) is 8.55. The summed E-state index contributed by atoms with van der Waals surface area (Å²) in [5.74, 6) is 2.91. The Kier molecular flexibility index (Phi) is 3.62. The first-order chi connectivity index (χ1) is 6.15. The standard InChI is InChI=1S/C10H14ClNO/c1-3-9-5-4-6-12(7-9)10(13)8(2)11/h1,8-9H,4-7H2,2H3. The van der Waals surface area contributed by atoms with Crippen LogP contribution in [0.3, 0.4) is 0 Å². The van der Waals surface area contributed by atoms with Crippen LogP contribution in [0.15, 0.2) is 0 Å². The maximum atomic E-state index is 11.5. The van der Waals surface area contributed by atoms with Crippen molar-refractivity contribution in [3.63, 3.8) is 0 Å². The Balaban J connectivity index is 2.52. The number of carbonyl (C=O) groups is 1. The average Bonchev–Trinajstić information content (AvgIpc) is 2.16. The van der Waals surface area contributed by atoms with Gasteiger partial charge >= 0.3 is 0 Å². The van der Waals surface area contributed by atoms with Crippen LogP contribution in [-0.4, -0.2) is 29.3 Å². The van der Waals surface area contributed by atoms with Gasteiger partial charge in [-0.2, -0.15) is 0 Å². The number of nitrogens with zero attached hydrogens (tertiary/aromatic N) is 1. The van der Waals surface area contributed by atoms with Crippen LogP contribution in [0.4, 0.5) is 0 Å². The van der Waals surface area contributed by atoms with Gasteiger partial charge in [-0.3, -0.25) is 4.79 Å². The quantitative estimate of drug-likeness (QED) is 0.463. The summed E-state index contributed by atoms with van der Waals surface area (Å²) < 4.78 is 0. The minimum atomic E-state index is -0.434. The SMILES string of the molecule is C#CC1CCCN(C(=O)C(C)Cl)C1. The van der Waals surface area contributed by atoms with Crippen molar-refractivity contribution in [2.24, 2.45) is 5.92 Å². The van der Waals surface area contributed by atoms with Gasteiger partial charge in [-0.05, 0) is 19.8 Å². The lowest BCUT2D eigenvalue weighted by Crippen LogP contribution is -2.42. The number of alkyl halides is 1. The molecule has 0 N–H and O–H groups in total. The molecular weight excluding hydrogens is 186 g/mol. The van der Waals surface area contributed by atoms with Crippen LogP contribution in [0, 0.1) is 18.3 Å². The Hall–Kier alpha value is -0.680. The van der Waals surface area contributed by atoms with Gasteiger partial charge in [0.1, 0.15) is 5.38 Å². The molecule has 0 spiro atoms. The van der Waals surface area contributed by atoms with Crippen LogP contribution in [-0.2, 0) is 4.79 Å². The van der Waals surface area contributed by atoms with Crippen molar-refractivity contribution in [1.29, 1.82) is 0 Å². The summed E-state index contributed by atoms with van der Waals surface area (Å²) in [6, 6.07) is 0. The zero-order valence-electron chi connectivity index (χ0n) is 7.79. The minimum absolute atomic E-state index is 0.00150. The molecule has 0 aromatic heterocycles. The molecule has 2 unspecified atom stereocenters. The van der Waals surface area contributed by atoms with E-state index in [1.165, 1.54) is 0 Å². The summed E-state index contributed by atoms with van der Waals surface area (Å²) >= 11 is 5.71. The molecule has 72 valence electrons. The Morgan fingerprint density at radius 1 is 1.77 bits per heavy atom. The van der Waals surface area contributed by atoms with Crippen LogP contribution in [0.1, 0.15) is 19.8 Å². The van der Waals surface area contributed by atoms with Crippen LogP contribution < -0.4 is 0 Å². The molecule has 1 fully saturated rings. The van der Waals surface area contributed by atoms with Crippen LogP contribution in [0.25, 0.3) is 0 Å². The molecule has 0 aliphatic carbocycles. The zero-order chi connectivity index (χ0) is 9.84. The summed E-state index contributed by atoms with van der Waals surface area (Å²) in [6.45, 7) is 3.17. The number of halogens is 1. The van der Waals surface area contributed by atoms with Gasteiger partial charge in [-0.25, -0.2) is 0 Å². The largest absolute Gasteiger partial charge is 0.340 e. The smallest absolute Gasteiger partial charge is 0.240 e. The molecule has 3 heteroatoms. The van der Waals surface area contributed by atoms with E-state index in [0.717, 1.165) is 19.4 Å². The molecule has 0 radical (unpaired) electrons. The van der Waals surface area contributed by atoms with Crippen molar-refractivity contribution in [3.8, 4) is 12.3 Å². The fraction of sp³-hybridized carbons (Fsp3) is 0.700. The highest BCUT2D eigenvalue weighted by atomic mass is 35.5. The maximum Gasteiger partial charge on any atom is 0.240 e. The molecule has 0 saturated carbocycles. The van der Waals surface area contributed by atoms with E-state index in [-0.39, 0.29) is 11.8 Å². The van der Waals surface area contributed by atoms with E-state index in [1.807, 2.05) is 0 Å². The molecular formula is C10H14ClNO. The van der Waals surface area contributed by atoms with E-state index in [1.54, 1.807) is 11.8 Å². The number of terminal acetylenes is 1. The van der Waals surface area contributed by atoms with E-state index in [9.17, 15) is 4.79 Å². The Bertz CT molecular complexity index is 232. The number of rotatable bonds is 1. The van der Waals surface area contributed by atoms with E-state index < -0.39 is 5.38 Å². The number of carbonyl (C=O) groups excluding carboxylic acids is 1. The van der Waals surface area contributed by atoms with Gasteiger partial charge in [0, 0.05) is 19.0 Å². The number of likely N-dealkylation sites (tertiary alicyclic amines) is 1. The molecule has 1 amide bonds. The highest BCUT2D eigenvalue weighted by Crippen LogP contribution is 2.17. The lowest BCUT2D eigenvalue weighted by atomic mass is 9.99. The molecule has 1 aliphatic rings. The highest BCUT2D eigenvalue weighted by Gasteiger charge is 2.24. The third-order valence-electron chi connectivity index (χ3n) is 2.31. The monoisotopic (exact) mass is 199 g/mol. The van der Waals surface area contributed by atoms with Crippen molar-refractivity contribution in [2.45, 2.75) is 25.1 Å². The predicted octanol–water partition coefficient (Wildman–Crippen LogP) is 1.49. The first-order valence-electron chi connectivity index (χ1n) is 4.54. The summed E-state index contributed by atoms with van der Waals surface area (Å²) in [4.78, 5) is 13.3. The second-order valence-electron chi connectivity index (χ2n) is 3.41. The van der Waals surface area contributed by atoms with Gasteiger partial charge in [0.05, 0.1) is 0 Å². The van der Waals surface area contributed by atoms with E-state index in [4.69, 9.17) is 18.0 Å². The van der Waals surface area contributed by atoms with Gasteiger partial charge in [0.15, 0.2) is 0 Å². The first-order valence-corrected chi connectivity index (χ1v) is 4.97. The lowest BCUT2D eigenvalue weighted by Gasteiger charge is -2.31. The first kappa shape index (κ1) is 10.4. The summed E-state index contributed by atoms with van der Waals surface area (Å²) in [7, 11) is 0. The molecule has 1 heterocycles. The average molecular weight is 200 g/mol. The maximum absolute atomic E-state index is 11.5. The van der Waals surface area contributed by atoms with Gasteiger partial charge < -0.3 is 4.90 Å². The third kappa shape index (κ3) is 2.63. The van der Waals surface area contributed by atoms with Gasteiger partial charge in [-0.1, -0.05) is 0 Å². The third-order valence-corrected chi connectivity index (χ3v) is 2.50. The summed E-state index contributed by atoms with van der Waals surface area (Å²) in [6.07, 6.45) is 7.34. The van der Waals surface area contributed by atoms with Crippen molar-refractivity contribution in [1.82, 2.24) is 4.90 Å². The summed E-state index contributed by atoms with van der Waals surface area (Å²) in [5.41, 5.74) is 0. The van der Waals surface area contributed by atoms with Crippen LogP contribution >= 0.6 is 11.6 Å². The Labute approximate surface area is 84.2 Å². The number of amides is 1. The Morgan fingerprint density at radius 3 is 3.00 bits per heavy atom. The molecule has 13 heavy (non-hydrogen) atoms. The van der Waals surface area contributed by atoms with E-state index in [2.05, 4.69) is 5.92 Å². The minimum Gasteiger partial charge on any atom is -0.340 e. The predicted molar refractivity (Wildman–Crippen MR) is 53.5 cm³/mol. The van der Waals surface area contributed by atoms with Gasteiger partial charge in [-0.15, -0.1) is 23.9 Å². The van der Waals surface area contributed by atoms with Crippen LogP contribution in [0.5, 0.6) is 0 Å². The number of hydrogen-bond acceptors (Lipinski definition) is 1. The van der Waals surface area contributed by atoms with Crippen molar-refractivity contribution in [3.05, 3.63) is 0 Å². The van der Waals surface area contributed by atoms with Crippen LogP contribution in [0.2, 0.25) is 0 Å². The van der Waals surface area contributed by atoms with Crippen molar-refractivity contribution >= 4 is 17.5 Å². The molecule has 2 atom stereocenters.